The molecule has 2 aromatic carbocycles. The van der Waals surface area contributed by atoms with Gasteiger partial charge in [0.1, 0.15) is 11.5 Å². The van der Waals surface area contributed by atoms with Gasteiger partial charge in [0.05, 0.1) is 10.6 Å². The molecule has 2 aromatic rings. The number of rotatable bonds is 3. The van der Waals surface area contributed by atoms with Crippen LogP contribution in [0.4, 0.5) is 13.2 Å². The SMILES string of the molecule is CCc1ccc(Oc2ccc(Cl)c(C(F)(F)F)c2)cc1. The summed E-state index contributed by atoms with van der Waals surface area (Å²) in [7, 11) is 0. The molecule has 0 unspecified atom stereocenters. The van der Waals surface area contributed by atoms with Gasteiger partial charge in [0.25, 0.3) is 0 Å². The zero-order chi connectivity index (χ0) is 14.8. The van der Waals surface area contributed by atoms with Crippen LogP contribution in [0, 0.1) is 0 Å². The third-order valence-electron chi connectivity index (χ3n) is 2.81. The van der Waals surface area contributed by atoms with Gasteiger partial charge < -0.3 is 4.74 Å². The number of alkyl halides is 3. The van der Waals surface area contributed by atoms with Crippen molar-refractivity contribution in [2.75, 3.05) is 0 Å². The van der Waals surface area contributed by atoms with E-state index in [-0.39, 0.29) is 10.8 Å². The predicted molar refractivity (Wildman–Crippen MR) is 72.3 cm³/mol. The molecule has 0 bridgehead atoms. The minimum atomic E-state index is -4.50. The fourth-order valence-corrected chi connectivity index (χ4v) is 1.94. The van der Waals surface area contributed by atoms with Gasteiger partial charge in [-0.15, -0.1) is 0 Å². The second-order valence-corrected chi connectivity index (χ2v) is 4.65. The van der Waals surface area contributed by atoms with E-state index in [2.05, 4.69) is 0 Å². The fourth-order valence-electron chi connectivity index (χ4n) is 1.71. The second kappa shape index (κ2) is 5.75. The molecular weight excluding hydrogens is 289 g/mol. The number of hydrogen-bond donors (Lipinski definition) is 0. The van der Waals surface area contributed by atoms with Crippen LogP contribution in [-0.4, -0.2) is 0 Å². The molecule has 0 heterocycles. The Hall–Kier alpha value is -1.68. The number of halogens is 4. The summed E-state index contributed by atoms with van der Waals surface area (Å²) >= 11 is 5.55. The Balaban J connectivity index is 2.25. The maximum atomic E-state index is 12.7. The summed E-state index contributed by atoms with van der Waals surface area (Å²) < 4.78 is 43.6. The molecule has 0 aliphatic rings. The molecule has 0 aliphatic carbocycles. The van der Waals surface area contributed by atoms with Crippen molar-refractivity contribution in [3.05, 3.63) is 58.6 Å². The first-order valence-electron chi connectivity index (χ1n) is 6.03. The largest absolute Gasteiger partial charge is 0.457 e. The summed E-state index contributed by atoms with van der Waals surface area (Å²) in [5, 5.41) is -0.341. The van der Waals surface area contributed by atoms with Gasteiger partial charge in [-0.2, -0.15) is 13.2 Å². The summed E-state index contributed by atoms with van der Waals surface area (Å²) in [6, 6.07) is 10.7. The molecule has 0 N–H and O–H groups in total. The van der Waals surface area contributed by atoms with Gasteiger partial charge in [-0.1, -0.05) is 30.7 Å². The third-order valence-corrected chi connectivity index (χ3v) is 3.14. The van der Waals surface area contributed by atoms with Crippen LogP contribution in [-0.2, 0) is 12.6 Å². The van der Waals surface area contributed by atoms with E-state index in [1.165, 1.54) is 12.1 Å². The molecule has 0 saturated heterocycles. The molecule has 20 heavy (non-hydrogen) atoms. The monoisotopic (exact) mass is 300 g/mol. The van der Waals surface area contributed by atoms with Crippen LogP contribution in [0.5, 0.6) is 11.5 Å². The third kappa shape index (κ3) is 3.45. The normalized spacial score (nSPS) is 11.4. The molecule has 0 atom stereocenters. The first kappa shape index (κ1) is 14.7. The molecule has 0 aliphatic heterocycles. The van der Waals surface area contributed by atoms with Gasteiger partial charge in [0, 0.05) is 0 Å². The highest BCUT2D eigenvalue weighted by Gasteiger charge is 2.33. The Morgan fingerprint density at radius 1 is 1.00 bits per heavy atom. The smallest absolute Gasteiger partial charge is 0.417 e. The van der Waals surface area contributed by atoms with Crippen LogP contribution in [0.25, 0.3) is 0 Å². The number of hydrogen-bond acceptors (Lipinski definition) is 1. The van der Waals surface area contributed by atoms with Crippen LogP contribution in [0.2, 0.25) is 5.02 Å². The lowest BCUT2D eigenvalue weighted by Gasteiger charge is -2.12. The minimum absolute atomic E-state index is 0.103. The van der Waals surface area contributed by atoms with E-state index in [4.69, 9.17) is 16.3 Å². The lowest BCUT2D eigenvalue weighted by Crippen LogP contribution is -2.05. The highest BCUT2D eigenvalue weighted by Crippen LogP contribution is 2.37. The highest BCUT2D eigenvalue weighted by atomic mass is 35.5. The maximum absolute atomic E-state index is 12.7. The zero-order valence-corrected chi connectivity index (χ0v) is 11.4. The van der Waals surface area contributed by atoms with Crippen molar-refractivity contribution >= 4 is 11.6 Å². The van der Waals surface area contributed by atoms with Gasteiger partial charge in [0.2, 0.25) is 0 Å². The van der Waals surface area contributed by atoms with Crippen molar-refractivity contribution in [1.29, 1.82) is 0 Å². The van der Waals surface area contributed by atoms with E-state index in [0.717, 1.165) is 18.1 Å². The average Bonchev–Trinajstić information content (AvgIpc) is 2.40. The summed E-state index contributed by atoms with van der Waals surface area (Å²) in [4.78, 5) is 0. The van der Waals surface area contributed by atoms with Gasteiger partial charge in [0.15, 0.2) is 0 Å². The van der Waals surface area contributed by atoms with Gasteiger partial charge in [-0.05, 0) is 42.3 Å². The van der Waals surface area contributed by atoms with E-state index in [1.807, 2.05) is 19.1 Å². The Morgan fingerprint density at radius 2 is 1.60 bits per heavy atom. The highest BCUT2D eigenvalue weighted by molar-refractivity contribution is 6.31. The van der Waals surface area contributed by atoms with Crippen LogP contribution in [0.15, 0.2) is 42.5 Å². The molecule has 0 amide bonds. The van der Waals surface area contributed by atoms with E-state index in [1.54, 1.807) is 12.1 Å². The molecule has 2 rings (SSSR count). The molecule has 0 aromatic heterocycles. The Kier molecular flexibility index (Phi) is 4.23. The summed E-state index contributed by atoms with van der Waals surface area (Å²) in [5.74, 6) is 0.587. The Morgan fingerprint density at radius 3 is 2.15 bits per heavy atom. The van der Waals surface area contributed by atoms with Gasteiger partial charge in [-0.25, -0.2) is 0 Å². The molecule has 0 radical (unpaired) electrons. The summed E-state index contributed by atoms with van der Waals surface area (Å²) in [6.07, 6.45) is -3.61. The molecule has 5 heteroatoms. The van der Waals surface area contributed by atoms with Crippen LogP contribution >= 0.6 is 11.6 Å². The Bertz CT molecular complexity index is 591. The first-order chi connectivity index (χ1) is 9.40. The lowest BCUT2D eigenvalue weighted by molar-refractivity contribution is -0.137. The van der Waals surface area contributed by atoms with Crippen molar-refractivity contribution in [3.63, 3.8) is 0 Å². The van der Waals surface area contributed by atoms with E-state index in [9.17, 15) is 13.2 Å². The molecule has 0 fully saturated rings. The molecule has 0 spiro atoms. The van der Waals surface area contributed by atoms with Crippen LogP contribution in [0.1, 0.15) is 18.1 Å². The van der Waals surface area contributed by atoms with Crippen molar-refractivity contribution in [2.24, 2.45) is 0 Å². The van der Waals surface area contributed by atoms with Crippen molar-refractivity contribution in [3.8, 4) is 11.5 Å². The van der Waals surface area contributed by atoms with Gasteiger partial charge in [-0.3, -0.25) is 0 Å². The standard InChI is InChI=1S/C15H12ClF3O/c1-2-10-3-5-11(6-4-10)20-12-7-8-14(16)13(9-12)15(17,18)19/h3-9H,2H2,1H3. The molecular formula is C15H12ClF3O. The average molecular weight is 301 g/mol. The van der Waals surface area contributed by atoms with E-state index in [0.29, 0.717) is 5.75 Å². The van der Waals surface area contributed by atoms with E-state index >= 15 is 0 Å². The number of ether oxygens (including phenoxy) is 1. The predicted octanol–water partition coefficient (Wildman–Crippen LogP) is 5.71. The maximum Gasteiger partial charge on any atom is 0.417 e. The number of aryl methyl sites for hydroxylation is 1. The zero-order valence-electron chi connectivity index (χ0n) is 10.7. The topological polar surface area (TPSA) is 9.23 Å². The van der Waals surface area contributed by atoms with Crippen LogP contribution in [0.3, 0.4) is 0 Å². The molecule has 0 saturated carbocycles. The Labute approximate surface area is 119 Å². The van der Waals surface area contributed by atoms with Crippen molar-refractivity contribution in [2.45, 2.75) is 19.5 Å². The van der Waals surface area contributed by atoms with Gasteiger partial charge >= 0.3 is 6.18 Å². The van der Waals surface area contributed by atoms with Crippen molar-refractivity contribution in [1.82, 2.24) is 0 Å². The molecule has 1 nitrogen and oxygen atoms in total. The summed E-state index contributed by atoms with van der Waals surface area (Å²) in [5.41, 5.74) is 0.228. The second-order valence-electron chi connectivity index (χ2n) is 4.24. The van der Waals surface area contributed by atoms with E-state index < -0.39 is 11.7 Å². The van der Waals surface area contributed by atoms with Crippen LogP contribution < -0.4 is 4.74 Å². The quantitative estimate of drug-likeness (QED) is 0.705. The van der Waals surface area contributed by atoms with Crippen molar-refractivity contribution < 1.29 is 17.9 Å². The lowest BCUT2D eigenvalue weighted by atomic mass is 10.2. The fraction of sp³-hybridized carbons (Fsp3) is 0.200. The number of benzene rings is 2. The summed E-state index contributed by atoms with van der Waals surface area (Å²) in [6.45, 7) is 2.02. The first-order valence-corrected chi connectivity index (χ1v) is 6.41. The molecule has 106 valence electrons. The minimum Gasteiger partial charge on any atom is -0.457 e.